The van der Waals surface area contributed by atoms with E-state index < -0.39 is 16.1 Å². The molecule has 2 amide bonds. The molecule has 0 unspecified atom stereocenters. The summed E-state index contributed by atoms with van der Waals surface area (Å²) in [4.78, 5) is 34.2. The van der Waals surface area contributed by atoms with E-state index in [4.69, 9.17) is 14.7 Å². The Morgan fingerprint density at radius 1 is 0.894 bits per heavy atom. The molecule has 0 aliphatic heterocycles. The van der Waals surface area contributed by atoms with Crippen molar-refractivity contribution in [2.24, 2.45) is 0 Å². The van der Waals surface area contributed by atoms with Crippen LogP contribution in [0.2, 0.25) is 0 Å². The zero-order valence-corrected chi connectivity index (χ0v) is 29.0. The molecule has 0 atom stereocenters. The Morgan fingerprint density at radius 2 is 1.62 bits per heavy atom. The maximum atomic E-state index is 13.4. The van der Waals surface area contributed by atoms with Crippen LogP contribution in [0.15, 0.2) is 53.6 Å². The highest BCUT2D eigenvalue weighted by molar-refractivity contribution is 7.90. The first-order valence-electron chi connectivity index (χ1n) is 16.7. The Kier molecular flexibility index (Phi) is 12.5. The molecule has 4 aromatic rings. The Bertz CT molecular complexity index is 1800. The second kappa shape index (κ2) is 16.5. The summed E-state index contributed by atoms with van der Waals surface area (Å²) in [5.41, 5.74) is 6.32. The summed E-state index contributed by atoms with van der Waals surface area (Å²) in [5.74, 6) is 0.868. The first-order chi connectivity index (χ1) is 22.6. The summed E-state index contributed by atoms with van der Waals surface area (Å²) in [5, 5.41) is 2.96. The van der Waals surface area contributed by atoms with Crippen LogP contribution in [0.5, 0.6) is 0 Å². The van der Waals surface area contributed by atoms with Crippen LogP contribution in [0.1, 0.15) is 95.2 Å². The van der Waals surface area contributed by atoms with Crippen molar-refractivity contribution in [2.75, 3.05) is 11.9 Å². The van der Waals surface area contributed by atoms with Crippen molar-refractivity contribution in [3.63, 3.8) is 0 Å². The van der Waals surface area contributed by atoms with E-state index in [0.29, 0.717) is 30.6 Å². The van der Waals surface area contributed by atoms with Crippen molar-refractivity contribution >= 4 is 38.9 Å². The molecule has 2 N–H and O–H groups in total. The Hall–Kier alpha value is -4.25. The Labute approximate surface area is 278 Å². The van der Waals surface area contributed by atoms with Gasteiger partial charge in [0.1, 0.15) is 11.3 Å². The molecule has 2 aromatic heterocycles. The molecule has 0 saturated heterocycles. The molecule has 10 nitrogen and oxygen atoms in total. The number of carbonyl (C=O) groups is 2. The largest absolute Gasteiger partial charge is 0.449 e. The van der Waals surface area contributed by atoms with E-state index in [1.807, 2.05) is 51.1 Å². The number of nitrogens with zero attached hydrogens (tertiary/aromatic N) is 3. The summed E-state index contributed by atoms with van der Waals surface area (Å²) in [6.45, 7) is 10.8. The summed E-state index contributed by atoms with van der Waals surface area (Å²) in [7, 11) is -4.19. The summed E-state index contributed by atoms with van der Waals surface area (Å²) < 4.78 is 36.0. The number of hydrogen-bond acceptors (Lipinski definition) is 7. The number of carbonyl (C=O) groups excluding carboxylic acids is 2. The number of benzene rings is 2. The number of ether oxygens (including phenoxy) is 1. The van der Waals surface area contributed by atoms with Gasteiger partial charge >= 0.3 is 6.09 Å². The number of amides is 2. The number of anilines is 1. The molecule has 2 heterocycles. The summed E-state index contributed by atoms with van der Waals surface area (Å²) >= 11 is 0. The first-order valence-corrected chi connectivity index (χ1v) is 18.2. The van der Waals surface area contributed by atoms with Gasteiger partial charge in [0.2, 0.25) is 5.91 Å². The molecule has 0 radical (unpaired) electrons. The smallest absolute Gasteiger partial charge is 0.421 e. The van der Waals surface area contributed by atoms with Gasteiger partial charge < -0.3 is 14.6 Å². The van der Waals surface area contributed by atoms with Gasteiger partial charge in [-0.2, -0.15) is 0 Å². The van der Waals surface area contributed by atoms with E-state index >= 15 is 0 Å². The zero-order valence-electron chi connectivity index (χ0n) is 28.2. The third kappa shape index (κ3) is 8.97. The van der Waals surface area contributed by atoms with Crippen molar-refractivity contribution in [3.8, 4) is 11.1 Å². The van der Waals surface area contributed by atoms with Crippen molar-refractivity contribution in [2.45, 2.75) is 104 Å². The van der Waals surface area contributed by atoms with Gasteiger partial charge in [-0.3, -0.25) is 4.79 Å². The van der Waals surface area contributed by atoms with Crippen LogP contribution in [-0.2, 0) is 38.9 Å². The van der Waals surface area contributed by atoms with Gasteiger partial charge in [-0.25, -0.2) is 27.9 Å². The molecule has 2 aromatic carbocycles. The van der Waals surface area contributed by atoms with Crippen molar-refractivity contribution in [3.05, 3.63) is 71.2 Å². The molecule has 4 rings (SSSR count). The number of fused-ring (bicyclic) bond motifs is 1. The second-order valence-corrected chi connectivity index (χ2v) is 13.5. The quantitative estimate of drug-likeness (QED) is 0.118. The van der Waals surface area contributed by atoms with E-state index in [1.165, 1.54) is 0 Å². The summed E-state index contributed by atoms with van der Waals surface area (Å²) in [6, 6.07) is 13.0. The molecular weight excluding hydrogens is 614 g/mol. The minimum absolute atomic E-state index is 0.0188. The molecule has 0 fully saturated rings. The fraction of sp³-hybridized carbons (Fsp3) is 0.444. The number of nitrogens with one attached hydrogen (secondary N) is 2. The van der Waals surface area contributed by atoms with Gasteiger partial charge in [0.15, 0.2) is 5.65 Å². The maximum Gasteiger partial charge on any atom is 0.421 e. The van der Waals surface area contributed by atoms with Gasteiger partial charge in [0.05, 0.1) is 29.9 Å². The topological polar surface area (TPSA) is 132 Å². The predicted molar refractivity (Wildman–Crippen MR) is 186 cm³/mol. The average Bonchev–Trinajstić information content (AvgIpc) is 3.39. The normalized spacial score (nSPS) is 11.5. The van der Waals surface area contributed by atoms with E-state index in [0.717, 1.165) is 84.2 Å². The zero-order chi connectivity index (χ0) is 34.0. The second-order valence-electron chi connectivity index (χ2n) is 11.9. The van der Waals surface area contributed by atoms with Crippen LogP contribution < -0.4 is 10.0 Å². The van der Waals surface area contributed by atoms with E-state index in [9.17, 15) is 18.0 Å². The van der Waals surface area contributed by atoms with Gasteiger partial charge in [-0.1, -0.05) is 70.9 Å². The number of sulfonamides is 1. The minimum Gasteiger partial charge on any atom is -0.449 e. The van der Waals surface area contributed by atoms with Crippen LogP contribution in [0.25, 0.3) is 22.3 Å². The number of aryl methyl sites for hydroxylation is 3. The lowest BCUT2D eigenvalue weighted by Crippen LogP contribution is -2.31. The SMILES string of the molecule is CCCCOC(=O)NS(=O)(=O)c1ccc(CCCC)cc1-c1ccc(Cn2c(CCC)nc3c(C)c(NC(=O)CCC)cnc32)cc1. The number of aromatic nitrogens is 3. The van der Waals surface area contributed by atoms with Crippen LogP contribution >= 0.6 is 0 Å². The van der Waals surface area contributed by atoms with Crippen LogP contribution in [-0.4, -0.2) is 41.6 Å². The minimum atomic E-state index is -4.19. The standard InChI is InChI=1S/C36H47N5O5S/c1-6-10-14-26-17-20-31(47(44,45)40-36(43)46-21-11-7-2)29(22-26)28-18-15-27(16-19-28)24-41-32(12-8-3)39-34-25(5)30(23-37-35(34)41)38-33(42)13-9-4/h15-20,22-23H,6-14,21,24H2,1-5H3,(H,38,42)(H,40,43). The monoisotopic (exact) mass is 661 g/mol. The van der Waals surface area contributed by atoms with E-state index in [2.05, 4.69) is 28.5 Å². The fourth-order valence-electron chi connectivity index (χ4n) is 5.42. The molecule has 0 saturated carbocycles. The highest BCUT2D eigenvalue weighted by Crippen LogP contribution is 2.31. The molecule has 0 aliphatic rings. The van der Waals surface area contributed by atoms with Crippen LogP contribution in [0.3, 0.4) is 0 Å². The molecule has 0 aliphatic carbocycles. The van der Waals surface area contributed by atoms with Gasteiger partial charge in [-0.15, -0.1) is 0 Å². The summed E-state index contributed by atoms with van der Waals surface area (Å²) in [6.07, 6.45) is 7.89. The Morgan fingerprint density at radius 3 is 2.30 bits per heavy atom. The van der Waals surface area contributed by atoms with Gasteiger partial charge in [-0.05, 0) is 67.9 Å². The highest BCUT2D eigenvalue weighted by atomic mass is 32.2. The fourth-order valence-corrected chi connectivity index (χ4v) is 6.52. The van der Waals surface area contributed by atoms with Gasteiger partial charge in [0, 0.05) is 24.0 Å². The van der Waals surface area contributed by atoms with Crippen LogP contribution in [0.4, 0.5) is 10.5 Å². The molecular formula is C36H47N5O5S. The lowest BCUT2D eigenvalue weighted by molar-refractivity contribution is -0.116. The lowest BCUT2D eigenvalue weighted by Gasteiger charge is -2.15. The number of unbranched alkanes of at least 4 members (excludes halogenated alkanes) is 2. The molecule has 252 valence electrons. The molecule has 0 bridgehead atoms. The van der Waals surface area contributed by atoms with Crippen LogP contribution in [0, 0.1) is 6.92 Å². The number of imidazole rings is 1. The number of pyridine rings is 1. The van der Waals surface area contributed by atoms with Crippen molar-refractivity contribution in [1.29, 1.82) is 0 Å². The van der Waals surface area contributed by atoms with Crippen molar-refractivity contribution < 1.29 is 22.7 Å². The number of rotatable bonds is 16. The highest BCUT2D eigenvalue weighted by Gasteiger charge is 2.24. The Balaban J connectivity index is 1.66. The van der Waals surface area contributed by atoms with Gasteiger partial charge in [0.25, 0.3) is 10.0 Å². The maximum absolute atomic E-state index is 13.4. The van der Waals surface area contributed by atoms with Crippen molar-refractivity contribution in [1.82, 2.24) is 19.3 Å². The third-order valence-corrected chi connectivity index (χ3v) is 9.40. The van der Waals surface area contributed by atoms with E-state index in [-0.39, 0.29) is 17.4 Å². The third-order valence-electron chi connectivity index (χ3n) is 8.03. The average molecular weight is 662 g/mol. The molecule has 47 heavy (non-hydrogen) atoms. The number of hydrogen-bond donors (Lipinski definition) is 2. The predicted octanol–water partition coefficient (Wildman–Crippen LogP) is 7.70. The molecule has 0 spiro atoms. The van der Waals surface area contributed by atoms with E-state index in [1.54, 1.807) is 18.3 Å². The molecule has 11 heteroatoms. The lowest BCUT2D eigenvalue weighted by atomic mass is 9.99. The first kappa shape index (κ1) is 35.6.